The Bertz CT molecular complexity index is 1410. The van der Waals surface area contributed by atoms with Crippen molar-refractivity contribution in [2.75, 3.05) is 6.61 Å². The molecule has 3 aromatic heterocycles. The second-order valence-corrected chi connectivity index (χ2v) is 8.54. The molecule has 5 aromatic rings. The Kier molecular flexibility index (Phi) is 5.95. The van der Waals surface area contributed by atoms with E-state index in [0.29, 0.717) is 28.7 Å². The molecule has 33 heavy (non-hydrogen) atoms. The van der Waals surface area contributed by atoms with E-state index in [1.165, 1.54) is 17.8 Å². The first kappa shape index (κ1) is 21.4. The Morgan fingerprint density at radius 1 is 0.970 bits per heavy atom. The number of halogens is 2. The van der Waals surface area contributed by atoms with Crippen molar-refractivity contribution in [3.63, 3.8) is 0 Å². The lowest BCUT2D eigenvalue weighted by Gasteiger charge is -2.05. The Hall–Kier alpha value is -3.46. The van der Waals surface area contributed by atoms with Crippen molar-refractivity contribution in [1.82, 2.24) is 24.2 Å². The lowest BCUT2D eigenvalue weighted by molar-refractivity contribution is 0.309. The van der Waals surface area contributed by atoms with Crippen molar-refractivity contribution in [2.45, 2.75) is 30.7 Å². The number of benzene rings is 2. The molecule has 0 fully saturated rings. The fraction of sp³-hybridized carbons (Fsp3) is 0.208. The number of fused-ring (bicyclic) bond motifs is 3. The fourth-order valence-electron chi connectivity index (χ4n) is 3.46. The molecule has 0 radical (unpaired) electrons. The third-order valence-electron chi connectivity index (χ3n) is 5.25. The van der Waals surface area contributed by atoms with Crippen LogP contribution in [0.4, 0.5) is 8.78 Å². The standard InChI is InChI=1S/C24H21F2N5OS/c1-2-3-12-32-18-7-5-17(6-8-18)21-14-22-23-27-28-24(30(23)10-11-31(22)29-21)33-15-16-4-9-19(25)20(26)13-16/h4-11,13-14H,2-3,12,15H2,1H3. The van der Waals surface area contributed by atoms with Crippen LogP contribution in [0.1, 0.15) is 25.3 Å². The zero-order valence-corrected chi connectivity index (χ0v) is 18.7. The van der Waals surface area contributed by atoms with E-state index in [2.05, 4.69) is 22.2 Å². The summed E-state index contributed by atoms with van der Waals surface area (Å²) in [6.07, 6.45) is 5.82. The van der Waals surface area contributed by atoms with E-state index < -0.39 is 11.6 Å². The molecule has 0 saturated heterocycles. The maximum Gasteiger partial charge on any atom is 0.196 e. The number of ether oxygens (including phenoxy) is 1. The molecule has 5 rings (SSSR count). The number of rotatable bonds is 8. The van der Waals surface area contributed by atoms with E-state index in [0.717, 1.165) is 41.4 Å². The van der Waals surface area contributed by atoms with Crippen LogP contribution >= 0.6 is 11.8 Å². The minimum atomic E-state index is -0.853. The van der Waals surface area contributed by atoms with E-state index in [9.17, 15) is 8.78 Å². The van der Waals surface area contributed by atoms with E-state index in [-0.39, 0.29) is 0 Å². The molecule has 0 aliphatic carbocycles. The molecule has 3 heterocycles. The van der Waals surface area contributed by atoms with Gasteiger partial charge in [0.25, 0.3) is 0 Å². The fourth-order valence-corrected chi connectivity index (χ4v) is 4.32. The quantitative estimate of drug-likeness (QED) is 0.214. The minimum Gasteiger partial charge on any atom is -0.494 e. The highest BCUT2D eigenvalue weighted by Gasteiger charge is 2.13. The number of thioether (sulfide) groups is 1. The predicted octanol–water partition coefficient (Wildman–Crippen LogP) is 5.79. The van der Waals surface area contributed by atoms with E-state index >= 15 is 0 Å². The van der Waals surface area contributed by atoms with Crippen LogP contribution in [0, 0.1) is 11.6 Å². The largest absolute Gasteiger partial charge is 0.494 e. The predicted molar refractivity (Wildman–Crippen MR) is 123 cm³/mol. The van der Waals surface area contributed by atoms with Crippen LogP contribution in [0.2, 0.25) is 0 Å². The molecule has 6 nitrogen and oxygen atoms in total. The number of aromatic nitrogens is 5. The van der Waals surface area contributed by atoms with E-state index in [4.69, 9.17) is 4.74 Å². The first-order chi connectivity index (χ1) is 16.1. The second-order valence-electron chi connectivity index (χ2n) is 7.60. The van der Waals surface area contributed by atoms with Gasteiger partial charge in [0.05, 0.1) is 12.3 Å². The molecule has 2 aromatic carbocycles. The van der Waals surface area contributed by atoms with Crippen LogP contribution < -0.4 is 4.74 Å². The molecule has 0 bridgehead atoms. The zero-order valence-electron chi connectivity index (χ0n) is 17.9. The van der Waals surface area contributed by atoms with Crippen molar-refractivity contribution >= 4 is 22.9 Å². The van der Waals surface area contributed by atoms with Gasteiger partial charge in [0.15, 0.2) is 22.4 Å². The summed E-state index contributed by atoms with van der Waals surface area (Å²) in [5, 5.41) is 13.9. The summed E-state index contributed by atoms with van der Waals surface area (Å²) in [5.74, 6) is -0.415. The molecule has 0 N–H and O–H groups in total. The second kappa shape index (κ2) is 9.19. The summed E-state index contributed by atoms with van der Waals surface area (Å²) in [6.45, 7) is 2.85. The van der Waals surface area contributed by atoms with Gasteiger partial charge in [-0.1, -0.05) is 31.2 Å². The maximum atomic E-state index is 13.5. The normalized spacial score (nSPS) is 11.5. The highest BCUT2D eigenvalue weighted by atomic mass is 32.2. The molecule has 0 saturated carbocycles. The van der Waals surface area contributed by atoms with Crippen LogP contribution in [0.5, 0.6) is 5.75 Å². The Labute approximate surface area is 193 Å². The van der Waals surface area contributed by atoms with Crippen LogP contribution in [0.3, 0.4) is 0 Å². The molecule has 168 valence electrons. The molecule has 0 unspecified atom stereocenters. The van der Waals surface area contributed by atoms with Crippen LogP contribution in [0.25, 0.3) is 22.4 Å². The Morgan fingerprint density at radius 3 is 2.61 bits per heavy atom. The Morgan fingerprint density at radius 2 is 1.82 bits per heavy atom. The summed E-state index contributed by atoms with van der Waals surface area (Å²) in [7, 11) is 0. The minimum absolute atomic E-state index is 0.445. The van der Waals surface area contributed by atoms with Crippen molar-refractivity contribution in [1.29, 1.82) is 0 Å². The summed E-state index contributed by atoms with van der Waals surface area (Å²) >= 11 is 1.40. The van der Waals surface area contributed by atoms with Gasteiger partial charge in [0, 0.05) is 23.7 Å². The van der Waals surface area contributed by atoms with Gasteiger partial charge >= 0.3 is 0 Å². The highest BCUT2D eigenvalue weighted by molar-refractivity contribution is 7.98. The number of hydrogen-bond donors (Lipinski definition) is 0. The van der Waals surface area contributed by atoms with Gasteiger partial charge in [0.1, 0.15) is 11.3 Å². The van der Waals surface area contributed by atoms with Crippen LogP contribution in [-0.4, -0.2) is 30.8 Å². The van der Waals surface area contributed by atoms with Crippen molar-refractivity contribution in [3.05, 3.63) is 78.1 Å². The average molecular weight is 466 g/mol. The molecule has 0 aliphatic heterocycles. The molecule has 0 spiro atoms. The SMILES string of the molecule is CCCCOc1ccc(-c2cc3c4nnc(SCc5ccc(F)c(F)c5)n4ccn3n2)cc1. The highest BCUT2D eigenvalue weighted by Crippen LogP contribution is 2.27. The number of unbranched alkanes of at least 4 members (excludes halogenated alkanes) is 1. The van der Waals surface area contributed by atoms with Crippen molar-refractivity contribution in [3.8, 4) is 17.0 Å². The molecular formula is C24H21F2N5OS. The lowest BCUT2D eigenvalue weighted by Crippen LogP contribution is -1.96. The van der Waals surface area contributed by atoms with E-state index in [1.54, 1.807) is 10.6 Å². The molecule has 0 amide bonds. The molecule has 9 heteroatoms. The third-order valence-corrected chi connectivity index (χ3v) is 6.27. The number of nitrogens with zero attached hydrogens (tertiary/aromatic N) is 5. The van der Waals surface area contributed by atoms with Crippen LogP contribution in [-0.2, 0) is 5.75 Å². The van der Waals surface area contributed by atoms with Gasteiger partial charge in [-0.3, -0.25) is 4.40 Å². The van der Waals surface area contributed by atoms with Gasteiger partial charge in [-0.2, -0.15) is 5.10 Å². The lowest BCUT2D eigenvalue weighted by atomic mass is 10.1. The topological polar surface area (TPSA) is 56.7 Å². The zero-order chi connectivity index (χ0) is 22.8. The summed E-state index contributed by atoms with van der Waals surface area (Å²) < 4.78 is 36.0. The first-order valence-electron chi connectivity index (χ1n) is 10.7. The monoisotopic (exact) mass is 465 g/mol. The van der Waals surface area contributed by atoms with Crippen molar-refractivity contribution in [2.24, 2.45) is 0 Å². The summed E-state index contributed by atoms with van der Waals surface area (Å²) in [6, 6.07) is 13.8. The number of hydrogen-bond acceptors (Lipinski definition) is 5. The van der Waals surface area contributed by atoms with Gasteiger partial charge in [-0.05, 0) is 54.4 Å². The molecule has 0 atom stereocenters. The van der Waals surface area contributed by atoms with Gasteiger partial charge in [0.2, 0.25) is 0 Å². The van der Waals surface area contributed by atoms with Gasteiger partial charge in [-0.15, -0.1) is 10.2 Å². The van der Waals surface area contributed by atoms with Crippen LogP contribution in [0.15, 0.2) is 66.1 Å². The van der Waals surface area contributed by atoms with Gasteiger partial charge in [-0.25, -0.2) is 13.3 Å². The maximum absolute atomic E-state index is 13.5. The summed E-state index contributed by atoms with van der Waals surface area (Å²) in [5.41, 5.74) is 3.96. The Balaban J connectivity index is 1.38. The van der Waals surface area contributed by atoms with Gasteiger partial charge < -0.3 is 4.74 Å². The van der Waals surface area contributed by atoms with E-state index in [1.807, 2.05) is 47.1 Å². The third kappa shape index (κ3) is 4.41. The molecule has 0 aliphatic rings. The van der Waals surface area contributed by atoms with Crippen molar-refractivity contribution < 1.29 is 13.5 Å². The first-order valence-corrected chi connectivity index (χ1v) is 11.6. The average Bonchev–Trinajstić information content (AvgIpc) is 3.44. The smallest absolute Gasteiger partial charge is 0.196 e. The summed E-state index contributed by atoms with van der Waals surface area (Å²) in [4.78, 5) is 0. The molecular weight excluding hydrogens is 444 g/mol.